The number of ether oxygens (including phenoxy) is 1. The maximum absolute atomic E-state index is 10.7. The van der Waals surface area contributed by atoms with E-state index in [1.54, 1.807) is 6.92 Å². The fourth-order valence-electron chi connectivity index (χ4n) is 0.533. The summed E-state index contributed by atoms with van der Waals surface area (Å²) in [5, 5.41) is 0. The molecule has 0 bridgehead atoms. The highest BCUT2D eigenvalue weighted by atomic mass is 28.2. The standard InChI is InChI=1S/C6H14O3Si/c1-3-8-6(7)5-10-9-4-2/h3-5,10H2,1-2H3. The minimum atomic E-state index is -0.631. The van der Waals surface area contributed by atoms with E-state index in [0.717, 1.165) is 0 Å². The van der Waals surface area contributed by atoms with Gasteiger partial charge in [0, 0.05) is 6.61 Å². The van der Waals surface area contributed by atoms with Crippen molar-refractivity contribution in [2.45, 2.75) is 19.9 Å². The first-order chi connectivity index (χ1) is 4.81. The van der Waals surface area contributed by atoms with Crippen LogP contribution in [0.2, 0.25) is 6.04 Å². The summed E-state index contributed by atoms with van der Waals surface area (Å²) in [6, 6.07) is 0.502. The highest BCUT2D eigenvalue weighted by Crippen LogP contribution is 1.86. The summed E-state index contributed by atoms with van der Waals surface area (Å²) in [4.78, 5) is 10.7. The SMILES string of the molecule is CCO[SiH2]CC(=O)OCC. The average molecular weight is 162 g/mol. The van der Waals surface area contributed by atoms with Gasteiger partial charge in [0.2, 0.25) is 0 Å². The molecule has 0 aliphatic heterocycles. The maximum Gasteiger partial charge on any atom is 0.304 e. The molecule has 0 aromatic carbocycles. The summed E-state index contributed by atoms with van der Waals surface area (Å²) in [5.74, 6) is -0.123. The first kappa shape index (κ1) is 9.65. The summed E-state index contributed by atoms with van der Waals surface area (Å²) >= 11 is 0. The predicted octanol–water partition coefficient (Wildman–Crippen LogP) is 0.0881. The van der Waals surface area contributed by atoms with E-state index in [2.05, 4.69) is 0 Å². The van der Waals surface area contributed by atoms with Crippen LogP contribution >= 0.6 is 0 Å². The molecule has 0 rings (SSSR count). The van der Waals surface area contributed by atoms with Crippen LogP contribution < -0.4 is 0 Å². The Kier molecular flexibility index (Phi) is 6.52. The second-order valence-electron chi connectivity index (χ2n) is 1.75. The van der Waals surface area contributed by atoms with Crippen molar-refractivity contribution in [1.29, 1.82) is 0 Å². The summed E-state index contributed by atoms with van der Waals surface area (Å²) < 4.78 is 9.79. The Hall–Kier alpha value is -0.353. The Morgan fingerprint density at radius 3 is 2.60 bits per heavy atom. The average Bonchev–Trinajstić information content (AvgIpc) is 1.89. The van der Waals surface area contributed by atoms with Crippen molar-refractivity contribution >= 4 is 15.7 Å². The van der Waals surface area contributed by atoms with Crippen molar-refractivity contribution in [3.8, 4) is 0 Å². The fourth-order valence-corrected chi connectivity index (χ4v) is 1.28. The van der Waals surface area contributed by atoms with Gasteiger partial charge in [-0.05, 0) is 13.8 Å². The van der Waals surface area contributed by atoms with E-state index >= 15 is 0 Å². The zero-order chi connectivity index (χ0) is 7.82. The van der Waals surface area contributed by atoms with Crippen LogP contribution in [0, 0.1) is 0 Å². The normalized spacial score (nSPS) is 10.6. The summed E-state index contributed by atoms with van der Waals surface area (Å²) in [7, 11) is -0.631. The lowest BCUT2D eigenvalue weighted by atomic mass is 10.8. The quantitative estimate of drug-likeness (QED) is 0.326. The molecule has 0 aromatic rings. The number of esters is 1. The predicted molar refractivity (Wildman–Crippen MR) is 41.6 cm³/mol. The molecule has 0 unspecified atom stereocenters. The Morgan fingerprint density at radius 2 is 2.10 bits per heavy atom. The van der Waals surface area contributed by atoms with Crippen molar-refractivity contribution in [3.05, 3.63) is 0 Å². The van der Waals surface area contributed by atoms with E-state index in [1.165, 1.54) is 0 Å². The third-order valence-corrected chi connectivity index (χ3v) is 2.27. The Bertz CT molecular complexity index is 95.0. The maximum atomic E-state index is 10.7. The molecule has 4 heteroatoms. The highest BCUT2D eigenvalue weighted by Gasteiger charge is 1.99. The number of carbonyl (C=O) groups is 1. The molecule has 0 saturated carbocycles. The lowest BCUT2D eigenvalue weighted by Gasteiger charge is -1.99. The highest BCUT2D eigenvalue weighted by molar-refractivity contribution is 6.33. The second-order valence-corrected chi connectivity index (χ2v) is 3.07. The van der Waals surface area contributed by atoms with Gasteiger partial charge in [0.15, 0.2) is 9.76 Å². The monoisotopic (exact) mass is 162 g/mol. The topological polar surface area (TPSA) is 35.5 Å². The Labute approximate surface area is 63.7 Å². The van der Waals surface area contributed by atoms with Crippen LogP contribution in [0.15, 0.2) is 0 Å². The Morgan fingerprint density at radius 1 is 1.40 bits per heavy atom. The first-order valence-electron chi connectivity index (χ1n) is 3.54. The van der Waals surface area contributed by atoms with Gasteiger partial charge in [-0.15, -0.1) is 0 Å². The molecule has 0 radical (unpaired) electrons. The van der Waals surface area contributed by atoms with Crippen molar-refractivity contribution < 1.29 is 14.0 Å². The molecule has 0 N–H and O–H groups in total. The minimum absolute atomic E-state index is 0.123. The Balaban J connectivity index is 3.05. The van der Waals surface area contributed by atoms with E-state index in [0.29, 0.717) is 19.3 Å². The molecule has 0 saturated heterocycles. The molecule has 0 fully saturated rings. The number of hydrogen-bond donors (Lipinski definition) is 0. The van der Waals surface area contributed by atoms with Crippen LogP contribution in [0.5, 0.6) is 0 Å². The van der Waals surface area contributed by atoms with Gasteiger partial charge in [-0.25, -0.2) is 0 Å². The third-order valence-electron chi connectivity index (χ3n) is 0.960. The van der Waals surface area contributed by atoms with Gasteiger partial charge >= 0.3 is 5.97 Å². The van der Waals surface area contributed by atoms with Crippen LogP contribution in [-0.4, -0.2) is 28.9 Å². The third kappa shape index (κ3) is 5.78. The summed E-state index contributed by atoms with van der Waals surface area (Å²) in [6.45, 7) is 4.92. The largest absolute Gasteiger partial charge is 0.466 e. The van der Waals surface area contributed by atoms with Gasteiger partial charge in [-0.2, -0.15) is 0 Å². The van der Waals surface area contributed by atoms with Crippen LogP contribution in [-0.2, 0) is 14.0 Å². The van der Waals surface area contributed by atoms with Crippen molar-refractivity contribution in [2.24, 2.45) is 0 Å². The molecule has 0 aliphatic carbocycles. The van der Waals surface area contributed by atoms with Gasteiger partial charge in [0.05, 0.1) is 12.7 Å². The van der Waals surface area contributed by atoms with Crippen LogP contribution in [0.1, 0.15) is 13.8 Å². The summed E-state index contributed by atoms with van der Waals surface area (Å²) in [6.07, 6.45) is 0. The first-order valence-corrected chi connectivity index (χ1v) is 5.12. The molecular weight excluding hydrogens is 148 g/mol. The van der Waals surface area contributed by atoms with Gasteiger partial charge in [0.25, 0.3) is 0 Å². The van der Waals surface area contributed by atoms with Gasteiger partial charge in [-0.1, -0.05) is 0 Å². The number of carbonyl (C=O) groups excluding carboxylic acids is 1. The molecule has 10 heavy (non-hydrogen) atoms. The molecule has 0 aliphatic rings. The van der Waals surface area contributed by atoms with Crippen molar-refractivity contribution in [2.75, 3.05) is 13.2 Å². The van der Waals surface area contributed by atoms with Gasteiger partial charge < -0.3 is 9.16 Å². The van der Waals surface area contributed by atoms with E-state index < -0.39 is 9.76 Å². The van der Waals surface area contributed by atoms with Crippen molar-refractivity contribution in [3.63, 3.8) is 0 Å². The molecule has 60 valence electrons. The van der Waals surface area contributed by atoms with Crippen LogP contribution in [0.3, 0.4) is 0 Å². The van der Waals surface area contributed by atoms with Gasteiger partial charge in [0.1, 0.15) is 0 Å². The molecule has 0 atom stereocenters. The smallest absolute Gasteiger partial charge is 0.304 e. The second kappa shape index (κ2) is 6.76. The summed E-state index contributed by atoms with van der Waals surface area (Å²) in [5.41, 5.74) is 0. The molecular formula is C6H14O3Si. The molecule has 0 amide bonds. The van der Waals surface area contributed by atoms with E-state index in [9.17, 15) is 4.79 Å². The number of hydrogen-bond acceptors (Lipinski definition) is 3. The van der Waals surface area contributed by atoms with E-state index in [-0.39, 0.29) is 5.97 Å². The molecule has 3 nitrogen and oxygen atoms in total. The molecule has 0 aromatic heterocycles. The fraction of sp³-hybridized carbons (Fsp3) is 0.833. The van der Waals surface area contributed by atoms with E-state index in [1.807, 2.05) is 6.92 Å². The van der Waals surface area contributed by atoms with E-state index in [4.69, 9.17) is 9.16 Å². The molecule has 0 spiro atoms. The van der Waals surface area contributed by atoms with Gasteiger partial charge in [-0.3, -0.25) is 4.79 Å². The zero-order valence-electron chi connectivity index (χ0n) is 6.55. The molecule has 0 heterocycles. The number of rotatable bonds is 5. The lowest BCUT2D eigenvalue weighted by Crippen LogP contribution is -2.09. The van der Waals surface area contributed by atoms with Crippen LogP contribution in [0.4, 0.5) is 0 Å². The van der Waals surface area contributed by atoms with Crippen molar-refractivity contribution in [1.82, 2.24) is 0 Å². The zero-order valence-corrected chi connectivity index (χ0v) is 7.97. The minimum Gasteiger partial charge on any atom is -0.466 e. The van der Waals surface area contributed by atoms with Crippen LogP contribution in [0.25, 0.3) is 0 Å². The lowest BCUT2D eigenvalue weighted by molar-refractivity contribution is -0.140.